The number of carbonyl (C=O) groups excluding carboxylic acids is 2. The number of benzene rings is 1. The van der Waals surface area contributed by atoms with E-state index in [0.29, 0.717) is 0 Å². The molecule has 0 aliphatic heterocycles. The summed E-state index contributed by atoms with van der Waals surface area (Å²) < 4.78 is 0. The highest BCUT2D eigenvalue weighted by atomic mass is 16.1. The van der Waals surface area contributed by atoms with E-state index in [4.69, 9.17) is 0 Å². The van der Waals surface area contributed by atoms with Crippen molar-refractivity contribution in [1.82, 2.24) is 0 Å². The van der Waals surface area contributed by atoms with Gasteiger partial charge in [0.15, 0.2) is 5.78 Å². The predicted molar refractivity (Wildman–Crippen MR) is 57.5 cm³/mol. The smallest absolute Gasteiger partial charge is 0.159 e. The lowest BCUT2D eigenvalue weighted by Crippen LogP contribution is -1.90. The molecule has 1 aromatic rings. The first-order valence-electron chi connectivity index (χ1n) is 4.48. The van der Waals surface area contributed by atoms with Crippen molar-refractivity contribution in [2.24, 2.45) is 0 Å². The maximum absolute atomic E-state index is 10.8. The van der Waals surface area contributed by atoms with Crippen LogP contribution in [0.1, 0.15) is 36.7 Å². The second-order valence-corrected chi connectivity index (χ2v) is 3.33. The van der Waals surface area contributed by atoms with Gasteiger partial charge >= 0.3 is 0 Å². The van der Waals surface area contributed by atoms with Crippen molar-refractivity contribution in [2.45, 2.75) is 27.7 Å². The summed E-state index contributed by atoms with van der Waals surface area (Å²) in [5.41, 5.74) is 1.97. The maximum atomic E-state index is 10.8. The largest absolute Gasteiger partial charge is 0.300 e. The molecule has 0 aromatic heterocycles. The van der Waals surface area contributed by atoms with E-state index >= 15 is 0 Å². The van der Waals surface area contributed by atoms with Crippen LogP contribution in [0.2, 0.25) is 0 Å². The molecule has 0 atom stereocenters. The molecule has 1 rings (SSSR count). The molecule has 0 spiro atoms. The van der Waals surface area contributed by atoms with Gasteiger partial charge in [-0.2, -0.15) is 0 Å². The third-order valence-corrected chi connectivity index (χ3v) is 1.46. The molecule has 76 valence electrons. The van der Waals surface area contributed by atoms with Gasteiger partial charge in [-0.15, -0.1) is 0 Å². The van der Waals surface area contributed by atoms with E-state index in [1.807, 2.05) is 31.2 Å². The topological polar surface area (TPSA) is 34.1 Å². The summed E-state index contributed by atoms with van der Waals surface area (Å²) in [6.07, 6.45) is 0. The highest BCUT2D eigenvalue weighted by Crippen LogP contribution is 2.02. The molecule has 0 radical (unpaired) electrons. The van der Waals surface area contributed by atoms with E-state index < -0.39 is 0 Å². The summed E-state index contributed by atoms with van der Waals surface area (Å²) in [5, 5.41) is 0. The number of Topliss-reactive ketones (excluding diaryl/α,β-unsaturated/α-hetero) is 2. The quantitative estimate of drug-likeness (QED) is 0.641. The minimum atomic E-state index is 0.125. The SMILES string of the molecule is CC(=O)c1ccc(C)cc1.CC(C)=O. The van der Waals surface area contributed by atoms with Crippen molar-refractivity contribution in [3.05, 3.63) is 35.4 Å². The standard InChI is InChI=1S/C9H10O.C3H6O/c1-7-3-5-9(6-4-7)8(2)10;1-3(2)4/h3-6H,1-2H3;1-2H3. The first kappa shape index (κ1) is 12.6. The second-order valence-electron chi connectivity index (χ2n) is 3.33. The van der Waals surface area contributed by atoms with Gasteiger partial charge in [0.05, 0.1) is 0 Å². The Kier molecular flexibility index (Phi) is 5.46. The Balaban J connectivity index is 0.000000364. The predicted octanol–water partition coefficient (Wildman–Crippen LogP) is 2.79. The van der Waals surface area contributed by atoms with Crippen LogP contribution in [0.4, 0.5) is 0 Å². The van der Waals surface area contributed by atoms with Gasteiger partial charge in [-0.25, -0.2) is 0 Å². The molecule has 0 aliphatic rings. The van der Waals surface area contributed by atoms with Crippen molar-refractivity contribution < 1.29 is 9.59 Å². The third-order valence-electron chi connectivity index (χ3n) is 1.46. The molecular weight excluding hydrogens is 176 g/mol. The van der Waals surface area contributed by atoms with Crippen LogP contribution in [-0.2, 0) is 4.79 Å². The van der Waals surface area contributed by atoms with Gasteiger partial charge < -0.3 is 4.79 Å². The average Bonchev–Trinajstić information content (AvgIpc) is 2.03. The minimum absolute atomic E-state index is 0.125. The summed E-state index contributed by atoms with van der Waals surface area (Å²) in [6.45, 7) is 6.63. The van der Waals surface area contributed by atoms with Crippen LogP contribution >= 0.6 is 0 Å². The van der Waals surface area contributed by atoms with Crippen molar-refractivity contribution in [3.8, 4) is 0 Å². The minimum Gasteiger partial charge on any atom is -0.300 e. The Morgan fingerprint density at radius 3 is 1.57 bits per heavy atom. The summed E-state index contributed by atoms with van der Waals surface area (Å²) in [4.78, 5) is 20.2. The lowest BCUT2D eigenvalue weighted by Gasteiger charge is -1.93. The Labute approximate surface area is 84.9 Å². The number of ketones is 2. The van der Waals surface area contributed by atoms with Crippen molar-refractivity contribution >= 4 is 11.6 Å². The number of carbonyl (C=O) groups is 2. The molecule has 0 N–H and O–H groups in total. The lowest BCUT2D eigenvalue weighted by molar-refractivity contribution is -0.114. The second kappa shape index (κ2) is 6.08. The van der Waals surface area contributed by atoms with Crippen molar-refractivity contribution in [2.75, 3.05) is 0 Å². The van der Waals surface area contributed by atoms with Crippen molar-refractivity contribution in [3.63, 3.8) is 0 Å². The molecule has 0 fully saturated rings. The number of aryl methyl sites for hydroxylation is 1. The van der Waals surface area contributed by atoms with E-state index in [9.17, 15) is 9.59 Å². The number of hydrogen-bond acceptors (Lipinski definition) is 2. The van der Waals surface area contributed by atoms with Gasteiger partial charge in [0.1, 0.15) is 5.78 Å². The van der Waals surface area contributed by atoms with Gasteiger partial charge in [-0.3, -0.25) is 4.79 Å². The molecule has 0 heterocycles. The Morgan fingerprint density at radius 1 is 0.929 bits per heavy atom. The van der Waals surface area contributed by atoms with E-state index in [2.05, 4.69) is 0 Å². The van der Waals surface area contributed by atoms with Gasteiger partial charge in [-0.1, -0.05) is 29.8 Å². The van der Waals surface area contributed by atoms with Crippen LogP contribution < -0.4 is 0 Å². The zero-order valence-electron chi connectivity index (χ0n) is 9.13. The molecule has 2 nitrogen and oxygen atoms in total. The van der Waals surface area contributed by atoms with Crippen LogP contribution in [0.25, 0.3) is 0 Å². The van der Waals surface area contributed by atoms with Crippen LogP contribution in [0.5, 0.6) is 0 Å². The summed E-state index contributed by atoms with van der Waals surface area (Å²) in [5.74, 6) is 0.292. The van der Waals surface area contributed by atoms with Crippen LogP contribution in [0, 0.1) is 6.92 Å². The van der Waals surface area contributed by atoms with Gasteiger partial charge in [0.2, 0.25) is 0 Å². The third kappa shape index (κ3) is 6.12. The molecule has 0 unspecified atom stereocenters. The fraction of sp³-hybridized carbons (Fsp3) is 0.333. The average molecular weight is 192 g/mol. The first-order valence-corrected chi connectivity index (χ1v) is 4.48. The summed E-state index contributed by atoms with van der Waals surface area (Å²) in [7, 11) is 0. The number of hydrogen-bond donors (Lipinski definition) is 0. The lowest BCUT2D eigenvalue weighted by atomic mass is 10.1. The van der Waals surface area contributed by atoms with E-state index in [-0.39, 0.29) is 11.6 Å². The van der Waals surface area contributed by atoms with E-state index in [1.165, 1.54) is 19.4 Å². The van der Waals surface area contributed by atoms with Gasteiger partial charge in [-0.05, 0) is 27.7 Å². The Hall–Kier alpha value is -1.44. The molecule has 0 bridgehead atoms. The van der Waals surface area contributed by atoms with E-state index in [1.54, 1.807) is 6.92 Å². The molecule has 1 aromatic carbocycles. The van der Waals surface area contributed by atoms with Gasteiger partial charge in [0, 0.05) is 5.56 Å². The van der Waals surface area contributed by atoms with E-state index in [0.717, 1.165) is 5.56 Å². The highest BCUT2D eigenvalue weighted by molar-refractivity contribution is 5.93. The molecule has 0 amide bonds. The molecule has 0 aliphatic carbocycles. The zero-order chi connectivity index (χ0) is 11.1. The monoisotopic (exact) mass is 192 g/mol. The fourth-order valence-electron chi connectivity index (χ4n) is 0.788. The van der Waals surface area contributed by atoms with Crippen LogP contribution in [0.3, 0.4) is 0 Å². The number of rotatable bonds is 1. The molecule has 0 saturated carbocycles. The highest BCUT2D eigenvalue weighted by Gasteiger charge is 1.95. The summed E-state index contributed by atoms with van der Waals surface area (Å²) in [6, 6.07) is 7.57. The zero-order valence-corrected chi connectivity index (χ0v) is 9.13. The molecule has 14 heavy (non-hydrogen) atoms. The Morgan fingerprint density at radius 2 is 1.29 bits per heavy atom. The first-order chi connectivity index (χ1) is 6.43. The van der Waals surface area contributed by atoms with Crippen LogP contribution in [0.15, 0.2) is 24.3 Å². The molecule has 0 saturated heterocycles. The fourth-order valence-corrected chi connectivity index (χ4v) is 0.788. The molecule has 2 heteroatoms. The Bertz CT molecular complexity index is 306. The normalized spacial score (nSPS) is 8.57. The maximum Gasteiger partial charge on any atom is 0.159 e. The van der Waals surface area contributed by atoms with Crippen LogP contribution in [-0.4, -0.2) is 11.6 Å². The van der Waals surface area contributed by atoms with Crippen molar-refractivity contribution in [1.29, 1.82) is 0 Å². The summed E-state index contributed by atoms with van der Waals surface area (Å²) >= 11 is 0. The van der Waals surface area contributed by atoms with Gasteiger partial charge in [0.25, 0.3) is 0 Å². The molecular formula is C12H16O2.